The highest BCUT2D eigenvalue weighted by Gasteiger charge is 2.41. The third-order valence-corrected chi connectivity index (χ3v) is 7.56. The Bertz CT molecular complexity index is 1440. The summed E-state index contributed by atoms with van der Waals surface area (Å²) in [6.07, 6.45) is 7.12. The summed E-state index contributed by atoms with van der Waals surface area (Å²) in [5.41, 5.74) is 14.4. The van der Waals surface area contributed by atoms with Crippen LogP contribution in [0, 0.1) is 13.8 Å². The summed E-state index contributed by atoms with van der Waals surface area (Å²) in [6.45, 7) is 14.9. The number of carbonyl (C=O) groups excluding carboxylic acids is 1. The highest BCUT2D eigenvalue weighted by Crippen LogP contribution is 2.50. The molecule has 0 saturated carbocycles. The maximum Gasteiger partial charge on any atom is 0.201 e. The maximum absolute atomic E-state index is 13.7. The van der Waals surface area contributed by atoms with Gasteiger partial charge in [-0.1, -0.05) is 61.4 Å². The lowest BCUT2D eigenvalue weighted by atomic mass is 9.78. The van der Waals surface area contributed by atoms with E-state index in [0.29, 0.717) is 23.5 Å². The van der Waals surface area contributed by atoms with Crippen LogP contribution < -0.4 is 0 Å². The molecule has 0 radical (unpaired) electrons. The van der Waals surface area contributed by atoms with Crippen molar-refractivity contribution in [2.24, 2.45) is 0 Å². The number of hydrogen-bond donors (Lipinski definition) is 1. The highest BCUT2D eigenvalue weighted by molar-refractivity contribution is 6.40. The monoisotopic (exact) mass is 448 g/mol. The van der Waals surface area contributed by atoms with Crippen molar-refractivity contribution in [3.8, 4) is 11.1 Å². The molecule has 0 bridgehead atoms. The lowest BCUT2D eigenvalue weighted by Crippen LogP contribution is -2.23. The van der Waals surface area contributed by atoms with Crippen LogP contribution in [-0.2, 0) is 4.79 Å². The lowest BCUT2D eigenvalue weighted by Gasteiger charge is -2.25. The number of Topliss-reactive ketones (excluding diaryl/α,β-unsaturated/α-hetero) is 1. The number of aliphatic hydroxyl groups excluding tert-OH is 1. The van der Waals surface area contributed by atoms with E-state index >= 15 is 0 Å². The zero-order valence-corrected chi connectivity index (χ0v) is 21.2. The van der Waals surface area contributed by atoms with E-state index in [1.54, 1.807) is 0 Å². The average Bonchev–Trinajstić information content (AvgIpc) is 3.09. The van der Waals surface area contributed by atoms with E-state index in [2.05, 4.69) is 91.0 Å². The van der Waals surface area contributed by atoms with E-state index in [0.717, 1.165) is 44.5 Å². The van der Waals surface area contributed by atoms with Crippen molar-refractivity contribution >= 4 is 11.4 Å². The second kappa shape index (κ2) is 7.84. The van der Waals surface area contributed by atoms with Gasteiger partial charge < -0.3 is 5.11 Å². The van der Waals surface area contributed by atoms with Crippen LogP contribution in [0.4, 0.5) is 0 Å². The second-order valence-corrected chi connectivity index (χ2v) is 10.4. The summed E-state index contributed by atoms with van der Waals surface area (Å²) in [5.74, 6) is 0.514. The standard InChI is InChI=1S/C32H32O2/c1-16(2)22-11-10-19(5)28-24(15-22)21(7)14-26(28)30-31(33)29(32(30)34)25-13-20(6)23-12-17(3)8-9-18(4)27(23)25/h8-12,14-16,33H,13H2,1-7H3. The average molecular weight is 449 g/mol. The van der Waals surface area contributed by atoms with Crippen LogP contribution in [0.1, 0.15) is 69.2 Å². The van der Waals surface area contributed by atoms with Gasteiger partial charge in [-0.25, -0.2) is 0 Å². The third kappa shape index (κ3) is 3.20. The van der Waals surface area contributed by atoms with Crippen molar-refractivity contribution in [1.82, 2.24) is 0 Å². The van der Waals surface area contributed by atoms with Crippen LogP contribution in [0.15, 0.2) is 87.3 Å². The number of hydrogen-bond acceptors (Lipinski definition) is 2. The Labute approximate surface area is 202 Å². The van der Waals surface area contributed by atoms with E-state index < -0.39 is 0 Å². The van der Waals surface area contributed by atoms with E-state index in [1.807, 2.05) is 0 Å². The second-order valence-electron chi connectivity index (χ2n) is 10.4. The number of carbonyl (C=O) groups is 1. The molecule has 0 aromatic heterocycles. The van der Waals surface area contributed by atoms with E-state index in [1.165, 1.54) is 22.3 Å². The fraction of sp³-hybridized carbons (Fsp3) is 0.281. The van der Waals surface area contributed by atoms with E-state index in [9.17, 15) is 9.90 Å². The normalized spacial score (nSPS) is 20.5. The first-order valence-electron chi connectivity index (χ1n) is 12.1. The first kappa shape index (κ1) is 22.4. The van der Waals surface area contributed by atoms with Crippen LogP contribution in [-0.4, -0.2) is 10.9 Å². The van der Waals surface area contributed by atoms with Crippen molar-refractivity contribution < 1.29 is 9.90 Å². The Morgan fingerprint density at radius 1 is 0.853 bits per heavy atom. The van der Waals surface area contributed by atoms with Crippen LogP contribution in [0.25, 0.3) is 16.7 Å². The Morgan fingerprint density at radius 2 is 1.59 bits per heavy atom. The van der Waals surface area contributed by atoms with Crippen molar-refractivity contribution in [3.05, 3.63) is 110 Å². The van der Waals surface area contributed by atoms with Gasteiger partial charge in [0.1, 0.15) is 5.76 Å². The first-order chi connectivity index (χ1) is 16.1. The summed E-state index contributed by atoms with van der Waals surface area (Å²) in [7, 11) is 0. The molecule has 2 nitrogen and oxygen atoms in total. The fourth-order valence-corrected chi connectivity index (χ4v) is 5.63. The number of aryl methyl sites for hydroxylation is 2. The molecule has 5 aliphatic carbocycles. The largest absolute Gasteiger partial charge is 0.506 e. The molecule has 0 fully saturated rings. The van der Waals surface area contributed by atoms with Gasteiger partial charge in [-0.05, 0) is 109 Å². The predicted molar refractivity (Wildman–Crippen MR) is 141 cm³/mol. The van der Waals surface area contributed by atoms with Crippen molar-refractivity contribution in [1.29, 1.82) is 0 Å². The smallest absolute Gasteiger partial charge is 0.201 e. The lowest BCUT2D eigenvalue weighted by molar-refractivity contribution is -0.111. The van der Waals surface area contributed by atoms with Gasteiger partial charge in [-0.2, -0.15) is 0 Å². The van der Waals surface area contributed by atoms with Crippen LogP contribution in [0.3, 0.4) is 0 Å². The summed E-state index contributed by atoms with van der Waals surface area (Å²) in [4.78, 5) is 13.7. The molecule has 0 spiro atoms. The first-order valence-corrected chi connectivity index (χ1v) is 12.1. The zero-order chi connectivity index (χ0) is 24.5. The Balaban J connectivity index is 1.69. The van der Waals surface area contributed by atoms with Crippen LogP contribution >= 0.6 is 0 Å². The Morgan fingerprint density at radius 3 is 2.26 bits per heavy atom. The number of fused-ring (bicyclic) bond motifs is 2. The molecular formula is C32H32O2. The predicted octanol–water partition coefficient (Wildman–Crippen LogP) is 8.23. The summed E-state index contributed by atoms with van der Waals surface area (Å²) in [6, 6.07) is 8.62. The van der Waals surface area contributed by atoms with Crippen LogP contribution in [0.2, 0.25) is 0 Å². The van der Waals surface area contributed by atoms with Gasteiger partial charge in [0.2, 0.25) is 5.78 Å². The molecule has 0 saturated heterocycles. The molecule has 0 aromatic carbocycles. The molecule has 5 rings (SSSR count). The molecular weight excluding hydrogens is 416 g/mol. The minimum atomic E-state index is -0.0438. The van der Waals surface area contributed by atoms with Crippen molar-refractivity contribution in [2.75, 3.05) is 0 Å². The van der Waals surface area contributed by atoms with Gasteiger partial charge in [-0.15, -0.1) is 0 Å². The van der Waals surface area contributed by atoms with Gasteiger partial charge in [0, 0.05) is 0 Å². The Hall–Kier alpha value is -3.39. The van der Waals surface area contributed by atoms with Crippen molar-refractivity contribution in [3.63, 3.8) is 0 Å². The molecule has 0 heterocycles. The number of rotatable bonds is 2. The Kier molecular flexibility index (Phi) is 5.16. The molecule has 0 aromatic rings. The molecule has 0 aliphatic heterocycles. The molecule has 2 heteroatoms. The topological polar surface area (TPSA) is 37.3 Å². The SMILES string of the molecule is CC1=CC2=C(C)CC(=C3C(=O)C(c4cc(C)c5cc(C(C)C)ccc(C)c4-5)=C3O)C2=C(C)C=C1. The van der Waals surface area contributed by atoms with E-state index in [-0.39, 0.29) is 11.5 Å². The van der Waals surface area contributed by atoms with Crippen molar-refractivity contribution in [2.45, 2.75) is 60.8 Å². The van der Waals surface area contributed by atoms with Gasteiger partial charge in [0.25, 0.3) is 0 Å². The van der Waals surface area contributed by atoms with Gasteiger partial charge in [0.05, 0.1) is 11.1 Å². The van der Waals surface area contributed by atoms with E-state index in [4.69, 9.17) is 0 Å². The minimum Gasteiger partial charge on any atom is -0.506 e. The highest BCUT2D eigenvalue weighted by atomic mass is 16.3. The summed E-state index contributed by atoms with van der Waals surface area (Å²) in [5, 5.41) is 11.3. The molecule has 5 aliphatic rings. The molecule has 34 heavy (non-hydrogen) atoms. The van der Waals surface area contributed by atoms with Gasteiger partial charge in [-0.3, -0.25) is 4.79 Å². The number of allylic oxidation sites excluding steroid dienone is 11. The summed E-state index contributed by atoms with van der Waals surface area (Å²) < 4.78 is 0. The molecule has 0 atom stereocenters. The minimum absolute atomic E-state index is 0.0438. The molecule has 0 unspecified atom stereocenters. The fourth-order valence-electron chi connectivity index (χ4n) is 5.63. The molecule has 0 amide bonds. The van der Waals surface area contributed by atoms with Crippen LogP contribution in [0.5, 0.6) is 0 Å². The van der Waals surface area contributed by atoms with Gasteiger partial charge in [0.15, 0.2) is 0 Å². The quantitative estimate of drug-likeness (QED) is 0.470. The molecule has 1 N–H and O–H groups in total. The van der Waals surface area contributed by atoms with Gasteiger partial charge >= 0.3 is 0 Å². The number of aliphatic hydroxyl groups is 1. The maximum atomic E-state index is 13.7. The molecule has 172 valence electrons. The third-order valence-electron chi connectivity index (χ3n) is 7.56. The number of ketones is 1. The summed E-state index contributed by atoms with van der Waals surface area (Å²) >= 11 is 0. The zero-order valence-electron chi connectivity index (χ0n) is 21.2.